The van der Waals surface area contributed by atoms with Crippen LogP contribution in [0, 0.1) is 0 Å². The minimum absolute atomic E-state index is 0.0412. The summed E-state index contributed by atoms with van der Waals surface area (Å²) < 4.78 is 8.63. The molecule has 6 nitrogen and oxygen atoms in total. The minimum Gasteiger partial charge on any atom is -0.387 e. The predicted octanol–water partition coefficient (Wildman–Crippen LogP) is -0.193. The minimum atomic E-state index is -0.579. The molecule has 0 radical (unpaired) electrons. The number of hydrogen-bond donors (Lipinski definition) is 0. The van der Waals surface area contributed by atoms with E-state index in [2.05, 4.69) is 9.47 Å². The van der Waals surface area contributed by atoms with Crippen LogP contribution in [0.2, 0.25) is 0 Å². The lowest BCUT2D eigenvalue weighted by Crippen LogP contribution is -2.09. The van der Waals surface area contributed by atoms with Gasteiger partial charge < -0.3 is 9.47 Å². The fourth-order valence-electron chi connectivity index (χ4n) is 0.642. The summed E-state index contributed by atoms with van der Waals surface area (Å²) in [6.07, 6.45) is 2.17. The van der Waals surface area contributed by atoms with Gasteiger partial charge in [-0.2, -0.15) is 0 Å². The number of hydrogen-bond acceptors (Lipinski definition) is 6. The van der Waals surface area contributed by atoms with Crippen molar-refractivity contribution in [3.8, 4) is 0 Å². The third-order valence-corrected chi connectivity index (χ3v) is 1.17. The third-order valence-electron chi connectivity index (χ3n) is 1.17. The summed E-state index contributed by atoms with van der Waals surface area (Å²) >= 11 is 0. The van der Waals surface area contributed by atoms with Crippen molar-refractivity contribution in [2.75, 3.05) is 13.2 Å². The van der Waals surface area contributed by atoms with Gasteiger partial charge in [0.25, 0.3) is 0 Å². The van der Waals surface area contributed by atoms with E-state index < -0.39 is 11.9 Å². The Morgan fingerprint density at radius 2 is 1.44 bits per heavy atom. The second-order valence-corrected chi connectivity index (χ2v) is 2.97. The molecule has 0 atom stereocenters. The van der Waals surface area contributed by atoms with Crippen LogP contribution in [0.1, 0.15) is 13.8 Å². The summed E-state index contributed by atoms with van der Waals surface area (Å²) in [5.41, 5.74) is 0. The Kier molecular flexibility index (Phi) is 6.62. The van der Waals surface area contributed by atoms with E-state index in [9.17, 15) is 19.2 Å². The molecule has 0 spiro atoms. The molecule has 0 fully saturated rings. The van der Waals surface area contributed by atoms with Crippen LogP contribution in [0.4, 0.5) is 0 Å². The smallest absolute Gasteiger partial charge is 0.338 e. The molecule has 0 saturated carbocycles. The van der Waals surface area contributed by atoms with Crippen LogP contribution < -0.4 is 0 Å². The van der Waals surface area contributed by atoms with Crippen molar-refractivity contribution in [3.63, 3.8) is 0 Å². The summed E-state index contributed by atoms with van der Waals surface area (Å²) in [4.78, 5) is 40.2. The second-order valence-electron chi connectivity index (χ2n) is 2.97. The predicted molar refractivity (Wildman–Crippen MR) is 52.4 cm³/mol. The monoisotopic (exact) mass is 228 g/mol. The van der Waals surface area contributed by atoms with Gasteiger partial charge in [-0.15, -0.1) is 0 Å². The molecule has 1 aliphatic heterocycles. The second kappa shape index (κ2) is 7.47. The van der Waals surface area contributed by atoms with E-state index in [1.807, 2.05) is 0 Å². The van der Waals surface area contributed by atoms with Crippen LogP contribution in [0.3, 0.4) is 0 Å². The summed E-state index contributed by atoms with van der Waals surface area (Å²) in [6.45, 7) is 2.92. The van der Waals surface area contributed by atoms with Crippen molar-refractivity contribution in [2.45, 2.75) is 13.8 Å². The number of ether oxygens (including phenoxy) is 2. The molecule has 0 unspecified atom stereocenters. The zero-order valence-electron chi connectivity index (χ0n) is 9.02. The van der Waals surface area contributed by atoms with E-state index in [1.165, 1.54) is 13.8 Å². The molecule has 0 N–H and O–H groups in total. The number of cyclic esters (lactones) is 2. The first-order valence-corrected chi connectivity index (χ1v) is 4.42. The Morgan fingerprint density at radius 3 is 1.62 bits per heavy atom. The molecule has 1 aliphatic rings. The maximum absolute atomic E-state index is 10.2. The Bertz CT molecular complexity index is 298. The molecule has 0 bridgehead atoms. The topological polar surface area (TPSA) is 86.7 Å². The molecule has 88 valence electrons. The lowest BCUT2D eigenvalue weighted by atomic mass is 10.4. The van der Waals surface area contributed by atoms with Crippen LogP contribution in [0.5, 0.6) is 0 Å². The number of esters is 2. The molecule has 0 saturated heterocycles. The summed E-state index contributed by atoms with van der Waals surface area (Å²) in [5.74, 6) is -1.28. The largest absolute Gasteiger partial charge is 0.387 e. The molecule has 16 heavy (non-hydrogen) atoms. The van der Waals surface area contributed by atoms with Gasteiger partial charge in [-0.05, 0) is 13.8 Å². The van der Waals surface area contributed by atoms with Crippen molar-refractivity contribution in [1.29, 1.82) is 0 Å². The average molecular weight is 228 g/mol. The van der Waals surface area contributed by atoms with Crippen molar-refractivity contribution < 1.29 is 28.7 Å². The number of Topliss-reactive ketones (excluding diaryl/α,β-unsaturated/α-hetero) is 2. The number of carbonyl (C=O) groups is 4. The van der Waals surface area contributed by atoms with Gasteiger partial charge in [0.2, 0.25) is 0 Å². The lowest BCUT2D eigenvalue weighted by Gasteiger charge is -1.94. The van der Waals surface area contributed by atoms with Crippen LogP contribution in [-0.4, -0.2) is 36.7 Å². The first-order chi connectivity index (χ1) is 7.41. The molecule has 0 aromatic heterocycles. The Balaban J connectivity index is 0.000000288. The molecule has 0 aromatic rings. The zero-order chi connectivity index (χ0) is 12.6. The van der Waals surface area contributed by atoms with Gasteiger partial charge in [-0.25, -0.2) is 9.59 Å². The molecule has 0 aliphatic carbocycles. The van der Waals surface area contributed by atoms with Gasteiger partial charge in [-0.3, -0.25) is 9.59 Å². The number of ketones is 2. The van der Waals surface area contributed by atoms with Gasteiger partial charge in [0.1, 0.15) is 13.2 Å². The quantitative estimate of drug-likeness (QED) is 0.489. The van der Waals surface area contributed by atoms with Gasteiger partial charge in [0.15, 0.2) is 11.6 Å². The molecular formula is C10H12O6. The number of rotatable bonds is 4. The van der Waals surface area contributed by atoms with Crippen molar-refractivity contribution >= 4 is 23.5 Å². The highest BCUT2D eigenvalue weighted by Crippen LogP contribution is 1.92. The fourth-order valence-corrected chi connectivity index (χ4v) is 0.642. The molecule has 6 heteroatoms. The molecule has 0 aromatic carbocycles. The van der Waals surface area contributed by atoms with E-state index in [-0.39, 0.29) is 24.8 Å². The third kappa shape index (κ3) is 8.76. The Morgan fingerprint density at radius 1 is 1.06 bits per heavy atom. The highest BCUT2D eigenvalue weighted by molar-refractivity contribution is 6.04. The molecule has 0 amide bonds. The average Bonchev–Trinajstić information content (AvgIpc) is 2.49. The van der Waals surface area contributed by atoms with Gasteiger partial charge in [0, 0.05) is 12.2 Å². The summed E-state index contributed by atoms with van der Waals surface area (Å²) in [7, 11) is 0. The molecule has 1 heterocycles. The van der Waals surface area contributed by atoms with Crippen molar-refractivity contribution in [2.24, 2.45) is 0 Å². The van der Waals surface area contributed by atoms with Crippen LogP contribution >= 0.6 is 0 Å². The summed E-state index contributed by atoms with van der Waals surface area (Å²) in [6, 6.07) is 0. The van der Waals surface area contributed by atoms with Crippen LogP contribution in [0.15, 0.2) is 12.2 Å². The van der Waals surface area contributed by atoms with Gasteiger partial charge in [-0.1, -0.05) is 0 Å². The van der Waals surface area contributed by atoms with Gasteiger partial charge in [0.05, 0.1) is 0 Å². The highest BCUT2D eigenvalue weighted by atomic mass is 16.6. The van der Waals surface area contributed by atoms with E-state index in [0.29, 0.717) is 0 Å². The van der Waals surface area contributed by atoms with E-state index in [0.717, 1.165) is 12.2 Å². The Hall–Kier alpha value is -1.82. The Labute approximate surface area is 92.2 Å². The fraction of sp³-hybridized carbons (Fsp3) is 0.400. The van der Waals surface area contributed by atoms with Crippen LogP contribution in [-0.2, 0) is 28.7 Å². The first-order valence-electron chi connectivity index (χ1n) is 4.42. The highest BCUT2D eigenvalue weighted by Gasteiger charge is 2.10. The lowest BCUT2D eigenvalue weighted by molar-refractivity contribution is -0.150. The van der Waals surface area contributed by atoms with Crippen molar-refractivity contribution in [1.82, 2.24) is 0 Å². The molecular weight excluding hydrogens is 216 g/mol. The molecule has 1 rings (SSSR count). The standard InChI is InChI=1S/C6H10O3.C4H2O3/c1-5(7)3-9-4-6(2)8;5-3-1-2-4(6)7-3/h3-4H2,1-2H3;1-2H. The zero-order valence-corrected chi connectivity index (χ0v) is 9.02. The van der Waals surface area contributed by atoms with Gasteiger partial charge >= 0.3 is 11.9 Å². The maximum atomic E-state index is 10.2. The van der Waals surface area contributed by atoms with Crippen LogP contribution in [0.25, 0.3) is 0 Å². The van der Waals surface area contributed by atoms with E-state index in [1.54, 1.807) is 0 Å². The first kappa shape index (κ1) is 14.2. The van der Waals surface area contributed by atoms with Crippen molar-refractivity contribution in [3.05, 3.63) is 12.2 Å². The number of carbonyl (C=O) groups excluding carboxylic acids is 4. The SMILES string of the molecule is CC(=O)COCC(C)=O.O=C1C=CC(=O)O1. The van der Waals surface area contributed by atoms with E-state index >= 15 is 0 Å². The summed E-state index contributed by atoms with van der Waals surface area (Å²) in [5, 5.41) is 0. The maximum Gasteiger partial charge on any atom is 0.338 e. The normalized spacial score (nSPS) is 12.9. The van der Waals surface area contributed by atoms with E-state index in [4.69, 9.17) is 0 Å².